The third kappa shape index (κ3) is 6.29. The molecule has 0 aromatic heterocycles. The lowest BCUT2D eigenvalue weighted by Crippen LogP contribution is -2.44. The molecule has 1 fully saturated rings. The maximum absolute atomic E-state index is 14.1. The summed E-state index contributed by atoms with van der Waals surface area (Å²) in [4.78, 5) is 10.9. The lowest BCUT2D eigenvalue weighted by Gasteiger charge is -2.35. The van der Waals surface area contributed by atoms with E-state index >= 15 is 0 Å². The van der Waals surface area contributed by atoms with Crippen LogP contribution in [0.1, 0.15) is 57.9 Å². The van der Waals surface area contributed by atoms with Crippen molar-refractivity contribution in [3.05, 3.63) is 29.8 Å². The fourth-order valence-electron chi connectivity index (χ4n) is 3.37. The Balaban J connectivity index is 1.79. The monoisotopic (exact) mass is 353 g/mol. The number of nitrogens with one attached hydrogen (secondary N) is 1. The molecule has 0 unspecified atom stereocenters. The van der Waals surface area contributed by atoms with Crippen LogP contribution in [0.15, 0.2) is 24.3 Å². The first kappa shape index (κ1) is 19.7. The molecule has 140 valence electrons. The molecule has 1 aliphatic carbocycles. The van der Waals surface area contributed by atoms with Gasteiger partial charge in [-0.05, 0) is 49.3 Å². The third-order valence-electron chi connectivity index (χ3n) is 4.80. The van der Waals surface area contributed by atoms with Crippen LogP contribution in [-0.2, 0) is 16.0 Å². The van der Waals surface area contributed by atoms with Crippen molar-refractivity contribution >= 4 is 11.7 Å². The van der Waals surface area contributed by atoms with Crippen molar-refractivity contribution in [2.75, 3.05) is 11.9 Å². The van der Waals surface area contributed by atoms with E-state index in [1.54, 1.807) is 0 Å². The van der Waals surface area contributed by atoms with Crippen LogP contribution in [0.5, 0.6) is 0 Å². The minimum Gasteiger partial charge on any atom is -0.456 e. The lowest BCUT2D eigenvalue weighted by atomic mass is 9.84. The average Bonchev–Trinajstić information content (AvgIpc) is 2.56. The van der Waals surface area contributed by atoms with Gasteiger partial charge in [-0.15, -0.1) is 0 Å². The number of alkyl halides is 2. The number of ether oxygens (including phenoxy) is 1. The normalized spacial score (nSPS) is 22.4. The summed E-state index contributed by atoms with van der Waals surface area (Å²) >= 11 is 0. The molecule has 0 saturated heterocycles. The number of hydrogen-bond acceptors (Lipinski definition) is 3. The molecule has 0 heterocycles. The Morgan fingerprint density at radius 3 is 2.56 bits per heavy atom. The van der Waals surface area contributed by atoms with E-state index in [1.165, 1.54) is 31.7 Å². The highest BCUT2D eigenvalue weighted by Gasteiger charge is 2.47. The number of aryl methyl sites for hydroxylation is 1. The number of carbonyl (C=O) groups is 1. The van der Waals surface area contributed by atoms with E-state index in [1.807, 2.05) is 12.1 Å². The number of rotatable bonds is 8. The summed E-state index contributed by atoms with van der Waals surface area (Å²) in [6.07, 6.45) is 4.07. The van der Waals surface area contributed by atoms with Gasteiger partial charge in [-0.1, -0.05) is 31.9 Å². The summed E-state index contributed by atoms with van der Waals surface area (Å²) in [6.45, 7) is 3.88. The molecule has 25 heavy (non-hydrogen) atoms. The van der Waals surface area contributed by atoms with Gasteiger partial charge in [-0.2, -0.15) is 0 Å². The van der Waals surface area contributed by atoms with Crippen molar-refractivity contribution in [3.63, 3.8) is 0 Å². The van der Waals surface area contributed by atoms with Crippen molar-refractivity contribution in [2.24, 2.45) is 5.92 Å². The molecule has 1 aromatic rings. The SMILES string of the molecule is CCCCCc1ccc(NC[C@@H]2CC[C@@H](OC(C)=O)C(F)(F)C2)cc1. The van der Waals surface area contributed by atoms with Crippen LogP contribution in [0, 0.1) is 5.92 Å². The molecule has 0 aliphatic heterocycles. The van der Waals surface area contributed by atoms with Gasteiger partial charge in [0.2, 0.25) is 0 Å². The Hall–Kier alpha value is -1.65. The van der Waals surface area contributed by atoms with E-state index in [-0.39, 0.29) is 18.8 Å². The average molecular weight is 353 g/mol. The van der Waals surface area contributed by atoms with Gasteiger partial charge in [-0.3, -0.25) is 4.79 Å². The standard InChI is InChI=1S/C20H29F2NO2/c1-3-4-5-6-16-7-10-18(11-8-16)23-14-17-9-12-19(25-15(2)24)20(21,22)13-17/h7-8,10-11,17,19,23H,3-6,9,12-14H2,1-2H3/t17-,19-/m1/s1. The maximum atomic E-state index is 14.1. The number of unbranched alkanes of at least 4 members (excludes halogenated alkanes) is 2. The Morgan fingerprint density at radius 2 is 1.96 bits per heavy atom. The second-order valence-electron chi connectivity index (χ2n) is 7.04. The lowest BCUT2D eigenvalue weighted by molar-refractivity contribution is -0.184. The van der Waals surface area contributed by atoms with Crippen molar-refractivity contribution in [1.82, 2.24) is 0 Å². The first-order valence-corrected chi connectivity index (χ1v) is 9.28. The summed E-state index contributed by atoms with van der Waals surface area (Å²) in [7, 11) is 0. The molecule has 1 aromatic carbocycles. The van der Waals surface area contributed by atoms with Crippen molar-refractivity contribution in [3.8, 4) is 0 Å². The Labute approximate surface area is 149 Å². The minimum absolute atomic E-state index is 0.119. The van der Waals surface area contributed by atoms with E-state index in [0.29, 0.717) is 13.0 Å². The Morgan fingerprint density at radius 1 is 1.24 bits per heavy atom. The van der Waals surface area contributed by atoms with Gasteiger partial charge >= 0.3 is 5.97 Å². The number of anilines is 1. The molecular weight excluding hydrogens is 324 g/mol. The molecule has 1 N–H and O–H groups in total. The predicted octanol–water partition coefficient (Wildman–Crippen LogP) is 5.20. The zero-order chi connectivity index (χ0) is 18.3. The van der Waals surface area contributed by atoms with E-state index in [0.717, 1.165) is 12.1 Å². The largest absolute Gasteiger partial charge is 0.456 e. The van der Waals surface area contributed by atoms with Gasteiger partial charge in [0.05, 0.1) is 0 Å². The van der Waals surface area contributed by atoms with Crippen LogP contribution in [0.2, 0.25) is 0 Å². The molecule has 0 radical (unpaired) electrons. The molecule has 5 heteroatoms. The van der Waals surface area contributed by atoms with Crippen LogP contribution < -0.4 is 5.32 Å². The second kappa shape index (κ2) is 9.16. The zero-order valence-corrected chi connectivity index (χ0v) is 15.2. The summed E-state index contributed by atoms with van der Waals surface area (Å²) < 4.78 is 33.0. The van der Waals surface area contributed by atoms with E-state index in [9.17, 15) is 13.6 Å². The van der Waals surface area contributed by atoms with E-state index in [2.05, 4.69) is 24.4 Å². The molecule has 2 rings (SSSR count). The third-order valence-corrected chi connectivity index (χ3v) is 4.80. The van der Waals surface area contributed by atoms with Gasteiger partial charge < -0.3 is 10.1 Å². The summed E-state index contributed by atoms with van der Waals surface area (Å²) in [5.74, 6) is -3.70. The molecule has 2 atom stereocenters. The number of esters is 1. The Kier molecular flexibility index (Phi) is 7.21. The van der Waals surface area contributed by atoms with Crippen LogP contribution >= 0.6 is 0 Å². The second-order valence-corrected chi connectivity index (χ2v) is 7.04. The molecule has 0 amide bonds. The van der Waals surface area contributed by atoms with Crippen LogP contribution in [0.3, 0.4) is 0 Å². The number of benzene rings is 1. The fraction of sp³-hybridized carbons (Fsp3) is 0.650. The summed E-state index contributed by atoms with van der Waals surface area (Å²) in [5.41, 5.74) is 2.28. The highest BCUT2D eigenvalue weighted by molar-refractivity contribution is 5.66. The molecular formula is C20H29F2NO2. The van der Waals surface area contributed by atoms with Crippen molar-refractivity contribution in [1.29, 1.82) is 0 Å². The first-order chi connectivity index (χ1) is 11.9. The minimum atomic E-state index is -2.95. The predicted molar refractivity (Wildman–Crippen MR) is 96.0 cm³/mol. The molecule has 3 nitrogen and oxygen atoms in total. The summed E-state index contributed by atoms with van der Waals surface area (Å²) in [5, 5.41) is 3.26. The van der Waals surface area contributed by atoms with Crippen LogP contribution in [-0.4, -0.2) is 24.5 Å². The van der Waals surface area contributed by atoms with Crippen LogP contribution in [0.4, 0.5) is 14.5 Å². The van der Waals surface area contributed by atoms with E-state index < -0.39 is 18.0 Å². The van der Waals surface area contributed by atoms with Gasteiger partial charge in [0.15, 0.2) is 6.10 Å². The van der Waals surface area contributed by atoms with Gasteiger partial charge in [-0.25, -0.2) is 8.78 Å². The van der Waals surface area contributed by atoms with Gasteiger partial charge in [0.25, 0.3) is 5.92 Å². The highest BCUT2D eigenvalue weighted by Crippen LogP contribution is 2.38. The number of halogens is 2. The van der Waals surface area contributed by atoms with Gasteiger partial charge in [0.1, 0.15) is 0 Å². The number of hydrogen-bond donors (Lipinski definition) is 1. The Bertz CT molecular complexity index is 545. The first-order valence-electron chi connectivity index (χ1n) is 9.28. The zero-order valence-electron chi connectivity index (χ0n) is 15.2. The molecule has 1 saturated carbocycles. The molecule has 1 aliphatic rings. The molecule has 0 bridgehead atoms. The highest BCUT2D eigenvalue weighted by atomic mass is 19.3. The quantitative estimate of drug-likeness (QED) is 0.516. The smallest absolute Gasteiger partial charge is 0.303 e. The van der Waals surface area contributed by atoms with E-state index in [4.69, 9.17) is 4.74 Å². The van der Waals surface area contributed by atoms with Crippen LogP contribution in [0.25, 0.3) is 0 Å². The topological polar surface area (TPSA) is 38.3 Å². The summed E-state index contributed by atoms with van der Waals surface area (Å²) in [6, 6.07) is 8.24. The van der Waals surface area contributed by atoms with Crippen molar-refractivity contribution < 1.29 is 18.3 Å². The number of carbonyl (C=O) groups excluding carboxylic acids is 1. The van der Waals surface area contributed by atoms with Gasteiger partial charge in [0, 0.05) is 25.6 Å². The molecule has 0 spiro atoms. The maximum Gasteiger partial charge on any atom is 0.303 e. The van der Waals surface area contributed by atoms with Crippen molar-refractivity contribution in [2.45, 2.75) is 70.8 Å². The fourth-order valence-corrected chi connectivity index (χ4v) is 3.37.